The molecule has 6 heteroatoms. The molecule has 0 bridgehead atoms. The molecule has 1 aliphatic heterocycles. The van der Waals surface area contributed by atoms with Crippen LogP contribution >= 0.6 is 0 Å². The fourth-order valence-electron chi connectivity index (χ4n) is 2.94. The number of hydrogen-bond donors (Lipinski definition) is 0. The van der Waals surface area contributed by atoms with Crippen molar-refractivity contribution < 1.29 is 8.42 Å². The normalized spacial score (nSPS) is 20.0. The van der Waals surface area contributed by atoms with Gasteiger partial charge in [0.05, 0.1) is 16.6 Å². The number of rotatable bonds is 4. The number of nitrogens with zero attached hydrogens (tertiary/aromatic N) is 3. The summed E-state index contributed by atoms with van der Waals surface area (Å²) in [6.45, 7) is 3.33. The van der Waals surface area contributed by atoms with Crippen molar-refractivity contribution in [2.75, 3.05) is 6.54 Å². The maximum atomic E-state index is 12.8. The van der Waals surface area contributed by atoms with Gasteiger partial charge in [0.1, 0.15) is 0 Å². The maximum absolute atomic E-state index is 12.8. The van der Waals surface area contributed by atoms with Gasteiger partial charge in [-0.15, -0.1) is 0 Å². The molecule has 2 aromatic rings. The van der Waals surface area contributed by atoms with Gasteiger partial charge in [-0.2, -0.15) is 9.40 Å². The van der Waals surface area contributed by atoms with E-state index in [0.717, 1.165) is 25.1 Å². The van der Waals surface area contributed by atoms with Gasteiger partial charge in [-0.25, -0.2) is 8.42 Å². The van der Waals surface area contributed by atoms with Crippen LogP contribution in [0.1, 0.15) is 31.5 Å². The first kappa shape index (κ1) is 14.3. The second-order valence-corrected chi connectivity index (χ2v) is 7.05. The van der Waals surface area contributed by atoms with Crippen molar-refractivity contribution in [3.8, 4) is 0 Å². The predicted molar refractivity (Wildman–Crippen MR) is 80.2 cm³/mol. The summed E-state index contributed by atoms with van der Waals surface area (Å²) in [6.07, 6.45) is 3.47. The van der Waals surface area contributed by atoms with Crippen molar-refractivity contribution in [3.63, 3.8) is 0 Å². The van der Waals surface area contributed by atoms with Crippen molar-refractivity contribution in [1.82, 2.24) is 14.1 Å². The Morgan fingerprint density at radius 1 is 1.24 bits per heavy atom. The van der Waals surface area contributed by atoms with E-state index in [1.165, 1.54) is 0 Å². The van der Waals surface area contributed by atoms with Crippen molar-refractivity contribution in [2.24, 2.45) is 0 Å². The lowest BCUT2D eigenvalue weighted by atomic mass is 10.1. The quantitative estimate of drug-likeness (QED) is 0.871. The molecule has 3 rings (SSSR count). The second-order valence-electron chi connectivity index (χ2n) is 5.16. The maximum Gasteiger partial charge on any atom is 0.243 e. The number of sulfonamides is 1. The zero-order valence-electron chi connectivity index (χ0n) is 12.0. The summed E-state index contributed by atoms with van der Waals surface area (Å²) >= 11 is 0. The summed E-state index contributed by atoms with van der Waals surface area (Å²) in [7, 11) is -3.45. The summed E-state index contributed by atoms with van der Waals surface area (Å²) in [4.78, 5) is 0.361. The largest absolute Gasteiger partial charge is 0.268 e. The highest BCUT2D eigenvalue weighted by Crippen LogP contribution is 2.36. The molecule has 21 heavy (non-hydrogen) atoms. The standard InChI is InChI=1S/C15H19N3O2S/c1-2-17-14(10-11-16-17)15-9-6-12-18(15)21(19,20)13-7-4-3-5-8-13/h3-5,7-8,10-11,15H,2,6,9,12H2,1H3. The van der Waals surface area contributed by atoms with E-state index in [0.29, 0.717) is 11.4 Å². The van der Waals surface area contributed by atoms with Crippen LogP contribution in [-0.4, -0.2) is 29.0 Å². The minimum absolute atomic E-state index is 0.113. The Hall–Kier alpha value is -1.66. The highest BCUT2D eigenvalue weighted by Gasteiger charge is 2.37. The van der Waals surface area contributed by atoms with Crippen LogP contribution in [0, 0.1) is 0 Å². The van der Waals surface area contributed by atoms with Crippen LogP contribution in [0.3, 0.4) is 0 Å². The first-order chi connectivity index (χ1) is 10.1. The lowest BCUT2D eigenvalue weighted by Crippen LogP contribution is -2.31. The molecule has 1 aliphatic rings. The Bertz CT molecular complexity index is 710. The topological polar surface area (TPSA) is 55.2 Å². The average molecular weight is 305 g/mol. The third kappa shape index (κ3) is 2.49. The molecule has 5 nitrogen and oxygen atoms in total. The monoisotopic (exact) mass is 305 g/mol. The van der Waals surface area contributed by atoms with Crippen molar-refractivity contribution in [2.45, 2.75) is 37.2 Å². The Kier molecular flexibility index (Phi) is 3.82. The number of aryl methyl sites for hydroxylation is 1. The summed E-state index contributed by atoms with van der Waals surface area (Å²) in [5.74, 6) is 0. The van der Waals surface area contributed by atoms with E-state index in [1.54, 1.807) is 34.8 Å². The summed E-state index contributed by atoms with van der Waals surface area (Å²) < 4.78 is 29.2. The molecular weight excluding hydrogens is 286 g/mol. The molecule has 2 heterocycles. The van der Waals surface area contributed by atoms with Crippen molar-refractivity contribution in [1.29, 1.82) is 0 Å². The Morgan fingerprint density at radius 2 is 2.00 bits per heavy atom. The number of benzene rings is 1. The Morgan fingerprint density at radius 3 is 2.71 bits per heavy atom. The van der Waals surface area contributed by atoms with E-state index in [4.69, 9.17) is 0 Å². The molecule has 112 valence electrons. The van der Waals surface area contributed by atoms with Gasteiger partial charge in [0.2, 0.25) is 10.0 Å². The van der Waals surface area contributed by atoms with Gasteiger partial charge in [-0.1, -0.05) is 18.2 Å². The number of hydrogen-bond acceptors (Lipinski definition) is 3. The molecule has 1 fully saturated rings. The minimum Gasteiger partial charge on any atom is -0.268 e. The highest BCUT2D eigenvalue weighted by atomic mass is 32.2. The summed E-state index contributed by atoms with van der Waals surface area (Å²) in [5, 5.41) is 4.26. The van der Waals surface area contributed by atoms with Gasteiger partial charge < -0.3 is 0 Å². The van der Waals surface area contributed by atoms with Gasteiger partial charge in [0, 0.05) is 19.3 Å². The summed E-state index contributed by atoms with van der Waals surface area (Å²) in [5.41, 5.74) is 0.981. The van der Waals surface area contributed by atoms with Crippen LogP contribution in [0.2, 0.25) is 0 Å². The van der Waals surface area contributed by atoms with Crippen LogP contribution in [0.4, 0.5) is 0 Å². The van der Waals surface area contributed by atoms with Gasteiger partial charge in [0.15, 0.2) is 0 Å². The fraction of sp³-hybridized carbons (Fsp3) is 0.400. The fourth-order valence-corrected chi connectivity index (χ4v) is 4.63. The molecule has 1 atom stereocenters. The van der Waals surface area contributed by atoms with E-state index in [-0.39, 0.29) is 6.04 Å². The molecule has 0 aliphatic carbocycles. The smallest absolute Gasteiger partial charge is 0.243 e. The third-order valence-electron chi connectivity index (χ3n) is 3.94. The van der Waals surface area contributed by atoms with E-state index >= 15 is 0 Å². The highest BCUT2D eigenvalue weighted by molar-refractivity contribution is 7.89. The molecular formula is C15H19N3O2S. The van der Waals surface area contributed by atoms with Crippen LogP contribution in [-0.2, 0) is 16.6 Å². The molecule has 0 N–H and O–H groups in total. The first-order valence-electron chi connectivity index (χ1n) is 7.23. The van der Waals surface area contributed by atoms with Gasteiger partial charge >= 0.3 is 0 Å². The van der Waals surface area contributed by atoms with Crippen molar-refractivity contribution >= 4 is 10.0 Å². The van der Waals surface area contributed by atoms with Crippen LogP contribution in [0.15, 0.2) is 47.5 Å². The minimum atomic E-state index is -3.45. The van der Waals surface area contributed by atoms with Gasteiger partial charge in [-0.3, -0.25) is 4.68 Å². The van der Waals surface area contributed by atoms with E-state index in [2.05, 4.69) is 5.10 Å². The Balaban J connectivity index is 1.98. The molecule has 0 amide bonds. The molecule has 0 saturated carbocycles. The van der Waals surface area contributed by atoms with Crippen LogP contribution in [0.25, 0.3) is 0 Å². The lowest BCUT2D eigenvalue weighted by Gasteiger charge is -2.24. The first-order valence-corrected chi connectivity index (χ1v) is 8.67. The zero-order chi connectivity index (χ0) is 14.9. The molecule has 0 radical (unpaired) electrons. The SMILES string of the molecule is CCn1nccc1C1CCCN1S(=O)(=O)c1ccccc1. The zero-order valence-corrected chi connectivity index (χ0v) is 12.8. The predicted octanol–water partition coefficient (Wildman–Crippen LogP) is 2.43. The molecule has 1 aromatic carbocycles. The van der Waals surface area contributed by atoms with Gasteiger partial charge in [-0.05, 0) is 38.0 Å². The number of aromatic nitrogens is 2. The van der Waals surface area contributed by atoms with Gasteiger partial charge in [0.25, 0.3) is 0 Å². The van der Waals surface area contributed by atoms with Crippen LogP contribution in [0.5, 0.6) is 0 Å². The average Bonchev–Trinajstić information content (AvgIpc) is 3.16. The lowest BCUT2D eigenvalue weighted by molar-refractivity contribution is 0.376. The molecule has 1 unspecified atom stereocenters. The second kappa shape index (κ2) is 5.61. The Labute approximate surface area is 125 Å². The van der Waals surface area contributed by atoms with E-state index in [1.807, 2.05) is 23.7 Å². The molecule has 1 aromatic heterocycles. The summed E-state index contributed by atoms with van der Waals surface area (Å²) in [6, 6.07) is 10.5. The molecule has 0 spiro atoms. The van der Waals surface area contributed by atoms with E-state index < -0.39 is 10.0 Å². The van der Waals surface area contributed by atoms with Crippen LogP contribution < -0.4 is 0 Å². The van der Waals surface area contributed by atoms with Crippen molar-refractivity contribution in [3.05, 3.63) is 48.3 Å². The molecule has 1 saturated heterocycles. The van der Waals surface area contributed by atoms with E-state index in [9.17, 15) is 8.42 Å². The third-order valence-corrected chi connectivity index (χ3v) is 5.87.